The maximum Gasteiger partial charge on any atom is 0.133 e. The summed E-state index contributed by atoms with van der Waals surface area (Å²) in [4.78, 5) is 9.27. The molecular formula is C15H24N4O. The first kappa shape index (κ1) is 13.8. The van der Waals surface area contributed by atoms with Crippen molar-refractivity contribution in [2.75, 3.05) is 44.2 Å². The van der Waals surface area contributed by atoms with Crippen LogP contribution in [0.4, 0.5) is 5.82 Å². The maximum absolute atomic E-state index is 9.00. The van der Waals surface area contributed by atoms with E-state index in [9.17, 15) is 0 Å². The number of piperazine rings is 1. The number of rotatable bonds is 6. The molecule has 5 nitrogen and oxygen atoms in total. The van der Waals surface area contributed by atoms with Crippen LogP contribution in [0.15, 0.2) is 18.3 Å². The lowest BCUT2D eigenvalue weighted by Crippen LogP contribution is -2.47. The van der Waals surface area contributed by atoms with Gasteiger partial charge in [-0.3, -0.25) is 4.90 Å². The molecule has 0 radical (unpaired) electrons. The Morgan fingerprint density at radius 2 is 2.05 bits per heavy atom. The van der Waals surface area contributed by atoms with E-state index in [1.807, 2.05) is 12.3 Å². The smallest absolute Gasteiger partial charge is 0.133 e. The van der Waals surface area contributed by atoms with E-state index in [1.165, 1.54) is 18.4 Å². The maximum atomic E-state index is 9.00. The molecule has 1 aromatic rings. The molecule has 0 aromatic carbocycles. The fraction of sp³-hybridized carbons (Fsp3) is 0.667. The minimum atomic E-state index is 0.250. The number of hydrogen-bond acceptors (Lipinski definition) is 5. The Kier molecular flexibility index (Phi) is 4.50. The van der Waals surface area contributed by atoms with Crippen molar-refractivity contribution in [2.45, 2.75) is 25.4 Å². The molecule has 20 heavy (non-hydrogen) atoms. The third-order valence-electron chi connectivity index (χ3n) is 4.11. The first-order valence-electron chi connectivity index (χ1n) is 7.62. The molecule has 1 aliphatic heterocycles. The Balaban J connectivity index is 1.61. The van der Waals surface area contributed by atoms with Crippen LogP contribution < -0.4 is 10.2 Å². The van der Waals surface area contributed by atoms with Gasteiger partial charge in [-0.25, -0.2) is 4.98 Å². The summed E-state index contributed by atoms with van der Waals surface area (Å²) in [5.74, 6) is 1.13. The Morgan fingerprint density at radius 1 is 1.25 bits per heavy atom. The molecule has 0 spiro atoms. The predicted octanol–water partition coefficient (Wildman–Crippen LogP) is 0.448. The van der Waals surface area contributed by atoms with Gasteiger partial charge in [0.05, 0.1) is 6.61 Å². The van der Waals surface area contributed by atoms with Crippen LogP contribution in [0.2, 0.25) is 0 Å². The lowest BCUT2D eigenvalue weighted by Gasteiger charge is -2.35. The molecule has 1 saturated carbocycles. The minimum Gasteiger partial charge on any atom is -0.395 e. The van der Waals surface area contributed by atoms with Crippen LogP contribution >= 0.6 is 0 Å². The van der Waals surface area contributed by atoms with E-state index in [0.29, 0.717) is 0 Å². The molecule has 0 amide bonds. The zero-order valence-corrected chi connectivity index (χ0v) is 12.0. The third-order valence-corrected chi connectivity index (χ3v) is 4.11. The van der Waals surface area contributed by atoms with Gasteiger partial charge in [-0.2, -0.15) is 0 Å². The van der Waals surface area contributed by atoms with Crippen LogP contribution in [-0.4, -0.2) is 60.4 Å². The fourth-order valence-electron chi connectivity index (χ4n) is 2.72. The average molecular weight is 276 g/mol. The van der Waals surface area contributed by atoms with Crippen molar-refractivity contribution < 1.29 is 5.11 Å². The predicted molar refractivity (Wildman–Crippen MR) is 79.8 cm³/mol. The number of nitrogens with one attached hydrogen (secondary N) is 1. The van der Waals surface area contributed by atoms with Crippen LogP contribution in [0.1, 0.15) is 18.4 Å². The Bertz CT molecular complexity index is 428. The van der Waals surface area contributed by atoms with Gasteiger partial charge in [0.25, 0.3) is 0 Å². The Labute approximate surface area is 120 Å². The molecule has 2 fully saturated rings. The monoisotopic (exact) mass is 276 g/mol. The average Bonchev–Trinajstić information content (AvgIpc) is 3.31. The summed E-state index contributed by atoms with van der Waals surface area (Å²) in [5.41, 5.74) is 1.30. The van der Waals surface area contributed by atoms with Gasteiger partial charge in [0.15, 0.2) is 0 Å². The quantitative estimate of drug-likeness (QED) is 0.790. The number of nitrogens with zero attached hydrogens (tertiary/aromatic N) is 3. The molecule has 2 aliphatic rings. The molecule has 0 atom stereocenters. The van der Waals surface area contributed by atoms with Crippen molar-refractivity contribution in [2.24, 2.45) is 0 Å². The lowest BCUT2D eigenvalue weighted by molar-refractivity contribution is 0.188. The molecule has 110 valence electrons. The van der Waals surface area contributed by atoms with Crippen LogP contribution in [0.5, 0.6) is 0 Å². The van der Waals surface area contributed by atoms with Gasteiger partial charge in [0, 0.05) is 57.1 Å². The van der Waals surface area contributed by atoms with E-state index in [4.69, 9.17) is 5.11 Å². The largest absolute Gasteiger partial charge is 0.395 e. The van der Waals surface area contributed by atoms with Crippen LogP contribution in [0, 0.1) is 0 Å². The number of anilines is 1. The number of pyridine rings is 1. The molecule has 2 heterocycles. The van der Waals surface area contributed by atoms with Crippen LogP contribution in [0.25, 0.3) is 0 Å². The summed E-state index contributed by atoms with van der Waals surface area (Å²) in [6.07, 6.45) is 4.51. The molecule has 1 aromatic heterocycles. The number of aromatic nitrogens is 1. The van der Waals surface area contributed by atoms with Crippen molar-refractivity contribution >= 4 is 5.82 Å². The van der Waals surface area contributed by atoms with Gasteiger partial charge in [-0.15, -0.1) is 0 Å². The highest BCUT2D eigenvalue weighted by molar-refractivity contribution is 5.47. The standard InChI is InChI=1S/C15H24N4O/c20-11-10-18-6-8-19(9-7-18)15-13(2-1-5-16-15)12-17-14-3-4-14/h1-2,5,14,17,20H,3-4,6-12H2. The molecule has 2 N–H and O–H groups in total. The fourth-order valence-corrected chi connectivity index (χ4v) is 2.72. The van der Waals surface area contributed by atoms with E-state index in [2.05, 4.69) is 26.2 Å². The molecular weight excluding hydrogens is 252 g/mol. The van der Waals surface area contributed by atoms with E-state index in [1.54, 1.807) is 0 Å². The second-order valence-corrected chi connectivity index (χ2v) is 5.69. The van der Waals surface area contributed by atoms with Crippen molar-refractivity contribution in [3.8, 4) is 0 Å². The molecule has 1 aliphatic carbocycles. The van der Waals surface area contributed by atoms with Crippen molar-refractivity contribution in [1.29, 1.82) is 0 Å². The third kappa shape index (κ3) is 3.48. The topological polar surface area (TPSA) is 51.6 Å². The van der Waals surface area contributed by atoms with E-state index >= 15 is 0 Å². The normalized spacial score (nSPS) is 20.4. The summed E-state index contributed by atoms with van der Waals surface area (Å²) in [6, 6.07) is 4.93. The first-order chi connectivity index (χ1) is 9.86. The number of aliphatic hydroxyl groups is 1. The van der Waals surface area contributed by atoms with E-state index in [0.717, 1.165) is 51.1 Å². The Hall–Kier alpha value is -1.17. The second-order valence-electron chi connectivity index (χ2n) is 5.69. The van der Waals surface area contributed by atoms with E-state index in [-0.39, 0.29) is 6.61 Å². The molecule has 0 bridgehead atoms. The highest BCUT2D eigenvalue weighted by Crippen LogP contribution is 2.22. The van der Waals surface area contributed by atoms with Gasteiger partial charge in [-0.1, -0.05) is 6.07 Å². The molecule has 1 saturated heterocycles. The van der Waals surface area contributed by atoms with Gasteiger partial charge >= 0.3 is 0 Å². The summed E-state index contributed by atoms with van der Waals surface area (Å²) in [6.45, 7) is 5.96. The summed E-state index contributed by atoms with van der Waals surface area (Å²) < 4.78 is 0. The first-order valence-corrected chi connectivity index (χ1v) is 7.62. The van der Waals surface area contributed by atoms with Gasteiger partial charge in [0.2, 0.25) is 0 Å². The minimum absolute atomic E-state index is 0.250. The number of hydrogen-bond donors (Lipinski definition) is 2. The van der Waals surface area contributed by atoms with Crippen molar-refractivity contribution in [3.05, 3.63) is 23.9 Å². The highest BCUT2D eigenvalue weighted by atomic mass is 16.3. The summed E-state index contributed by atoms with van der Waals surface area (Å²) in [7, 11) is 0. The lowest BCUT2D eigenvalue weighted by atomic mass is 10.2. The second kappa shape index (κ2) is 6.52. The van der Waals surface area contributed by atoms with E-state index < -0.39 is 0 Å². The van der Waals surface area contributed by atoms with Crippen LogP contribution in [-0.2, 0) is 6.54 Å². The molecule has 5 heteroatoms. The van der Waals surface area contributed by atoms with Crippen LogP contribution in [0.3, 0.4) is 0 Å². The zero-order valence-electron chi connectivity index (χ0n) is 12.0. The summed E-state index contributed by atoms with van der Waals surface area (Å²) >= 11 is 0. The van der Waals surface area contributed by atoms with Gasteiger partial charge < -0.3 is 15.3 Å². The molecule has 0 unspecified atom stereocenters. The van der Waals surface area contributed by atoms with Crippen molar-refractivity contribution in [3.63, 3.8) is 0 Å². The number of β-amino-alcohol motifs (C(OH)–C–C–N with tert-alkyl or cyclic N) is 1. The molecule has 3 rings (SSSR count). The summed E-state index contributed by atoms with van der Waals surface area (Å²) in [5, 5.41) is 12.6. The Morgan fingerprint density at radius 3 is 2.75 bits per heavy atom. The van der Waals surface area contributed by atoms with Gasteiger partial charge in [-0.05, 0) is 18.9 Å². The van der Waals surface area contributed by atoms with Gasteiger partial charge in [0.1, 0.15) is 5.82 Å². The SMILES string of the molecule is OCCN1CCN(c2ncccc2CNC2CC2)CC1. The highest BCUT2D eigenvalue weighted by Gasteiger charge is 2.22. The van der Waals surface area contributed by atoms with Crippen molar-refractivity contribution in [1.82, 2.24) is 15.2 Å². The zero-order chi connectivity index (χ0) is 13.8. The number of aliphatic hydroxyl groups excluding tert-OH is 1.